The molecule has 0 radical (unpaired) electrons. The van der Waals surface area contributed by atoms with Crippen molar-refractivity contribution in [1.29, 1.82) is 0 Å². The molecule has 0 N–H and O–H groups in total. The minimum absolute atomic E-state index is 0.0335. The Labute approximate surface area is 160 Å². The van der Waals surface area contributed by atoms with Crippen molar-refractivity contribution in [2.75, 3.05) is 26.7 Å². The summed E-state index contributed by atoms with van der Waals surface area (Å²) in [5, 5.41) is 0. The third-order valence-electron chi connectivity index (χ3n) is 5.67. The quantitative estimate of drug-likeness (QED) is 0.829. The third kappa shape index (κ3) is 4.06. The molecule has 1 saturated heterocycles. The lowest BCUT2D eigenvalue weighted by Crippen LogP contribution is -2.35. The number of hydrogen-bond acceptors (Lipinski definition) is 5. The molecule has 1 fully saturated rings. The highest BCUT2D eigenvalue weighted by atomic mass is 16.5. The zero-order valence-electron chi connectivity index (χ0n) is 15.9. The van der Waals surface area contributed by atoms with E-state index < -0.39 is 0 Å². The molecule has 1 atom stereocenters. The summed E-state index contributed by atoms with van der Waals surface area (Å²) in [7, 11) is 2.15. The van der Waals surface area contributed by atoms with Gasteiger partial charge in [-0.3, -0.25) is 14.7 Å². The summed E-state index contributed by atoms with van der Waals surface area (Å²) >= 11 is 0. The molecule has 1 amide bonds. The van der Waals surface area contributed by atoms with E-state index in [1.807, 2.05) is 23.2 Å². The summed E-state index contributed by atoms with van der Waals surface area (Å²) < 4.78 is 11.1. The van der Waals surface area contributed by atoms with Gasteiger partial charge in [0.25, 0.3) is 5.91 Å². The van der Waals surface area contributed by atoms with Crippen LogP contribution in [0.2, 0.25) is 0 Å². The molecule has 2 aromatic rings. The van der Waals surface area contributed by atoms with Crippen LogP contribution >= 0.6 is 0 Å². The van der Waals surface area contributed by atoms with Crippen molar-refractivity contribution < 1.29 is 13.9 Å². The number of rotatable bonds is 4. The number of fused-ring (bicyclic) bond motifs is 1. The Hall–Kier alpha value is -2.18. The van der Waals surface area contributed by atoms with E-state index in [1.165, 1.54) is 0 Å². The van der Waals surface area contributed by atoms with Gasteiger partial charge in [0.15, 0.2) is 5.76 Å². The first-order chi connectivity index (χ1) is 13.2. The molecule has 2 aliphatic heterocycles. The van der Waals surface area contributed by atoms with Gasteiger partial charge in [-0.25, -0.2) is 0 Å². The normalized spacial score (nSPS) is 20.4. The molecule has 144 valence electrons. The summed E-state index contributed by atoms with van der Waals surface area (Å²) in [6.07, 6.45) is 7.36. The number of carbonyl (C=O) groups is 1. The van der Waals surface area contributed by atoms with Crippen molar-refractivity contribution in [3.05, 3.63) is 53.2 Å². The Balaban J connectivity index is 1.38. The molecule has 0 bridgehead atoms. The van der Waals surface area contributed by atoms with Gasteiger partial charge in [-0.2, -0.15) is 0 Å². The Morgan fingerprint density at radius 1 is 1.33 bits per heavy atom. The highest BCUT2D eigenvalue weighted by molar-refractivity contribution is 5.93. The number of carbonyl (C=O) groups excluding carboxylic acids is 1. The fourth-order valence-corrected chi connectivity index (χ4v) is 4.09. The van der Waals surface area contributed by atoms with Crippen molar-refractivity contribution in [2.24, 2.45) is 0 Å². The topological polar surface area (TPSA) is 58.8 Å². The van der Waals surface area contributed by atoms with Crippen LogP contribution in [0, 0.1) is 0 Å². The summed E-state index contributed by atoms with van der Waals surface area (Å²) in [5.74, 6) is 0.555. The van der Waals surface area contributed by atoms with Crippen molar-refractivity contribution in [1.82, 2.24) is 14.8 Å². The molecule has 0 aliphatic carbocycles. The number of likely N-dealkylation sites (tertiary alicyclic amines) is 1. The molecule has 0 saturated carbocycles. The third-order valence-corrected chi connectivity index (χ3v) is 5.67. The lowest BCUT2D eigenvalue weighted by atomic mass is 10.1. The number of ether oxygens (including phenoxy) is 1. The average Bonchev–Trinajstić information content (AvgIpc) is 2.97. The van der Waals surface area contributed by atoms with Gasteiger partial charge >= 0.3 is 0 Å². The first-order valence-corrected chi connectivity index (χ1v) is 9.79. The second-order valence-electron chi connectivity index (χ2n) is 7.48. The van der Waals surface area contributed by atoms with Gasteiger partial charge in [0.2, 0.25) is 0 Å². The van der Waals surface area contributed by atoms with Gasteiger partial charge in [0, 0.05) is 49.4 Å². The maximum Gasteiger partial charge on any atom is 0.289 e. The second-order valence-corrected chi connectivity index (χ2v) is 7.48. The molecule has 0 aromatic carbocycles. The molecule has 0 spiro atoms. The number of pyridine rings is 1. The zero-order valence-corrected chi connectivity index (χ0v) is 15.9. The lowest BCUT2D eigenvalue weighted by Gasteiger charge is -2.27. The zero-order chi connectivity index (χ0) is 18.6. The summed E-state index contributed by atoms with van der Waals surface area (Å²) in [4.78, 5) is 21.8. The van der Waals surface area contributed by atoms with Crippen molar-refractivity contribution >= 4 is 5.91 Å². The first-order valence-electron chi connectivity index (χ1n) is 9.79. The Morgan fingerprint density at radius 2 is 2.26 bits per heavy atom. The first kappa shape index (κ1) is 18.2. The Bertz CT molecular complexity index is 774. The second kappa shape index (κ2) is 8.23. The predicted molar refractivity (Wildman–Crippen MR) is 101 cm³/mol. The van der Waals surface area contributed by atoms with E-state index >= 15 is 0 Å². The van der Waals surface area contributed by atoms with E-state index in [2.05, 4.69) is 23.0 Å². The van der Waals surface area contributed by atoms with Crippen LogP contribution in [0.3, 0.4) is 0 Å². The van der Waals surface area contributed by atoms with Gasteiger partial charge in [-0.15, -0.1) is 0 Å². The van der Waals surface area contributed by atoms with Crippen LogP contribution in [0.15, 0.2) is 35.1 Å². The number of amides is 1. The van der Waals surface area contributed by atoms with E-state index in [1.54, 1.807) is 6.26 Å². The molecule has 6 nitrogen and oxygen atoms in total. The van der Waals surface area contributed by atoms with Crippen molar-refractivity contribution in [3.63, 3.8) is 0 Å². The highest BCUT2D eigenvalue weighted by Gasteiger charge is 2.29. The van der Waals surface area contributed by atoms with Crippen LogP contribution in [0.25, 0.3) is 0 Å². The van der Waals surface area contributed by atoms with Gasteiger partial charge in [0.1, 0.15) is 0 Å². The molecule has 27 heavy (non-hydrogen) atoms. The summed E-state index contributed by atoms with van der Waals surface area (Å²) in [6, 6.07) is 6.49. The van der Waals surface area contributed by atoms with Gasteiger partial charge < -0.3 is 14.1 Å². The van der Waals surface area contributed by atoms with E-state index in [0.29, 0.717) is 25.0 Å². The molecule has 4 rings (SSSR count). The number of aromatic nitrogens is 1. The number of hydrogen-bond donors (Lipinski definition) is 0. The van der Waals surface area contributed by atoms with E-state index in [-0.39, 0.29) is 5.91 Å². The van der Waals surface area contributed by atoms with Gasteiger partial charge in [0.05, 0.1) is 25.2 Å². The maximum atomic E-state index is 13.0. The molecule has 2 aliphatic rings. The summed E-state index contributed by atoms with van der Waals surface area (Å²) in [5.41, 5.74) is 3.15. The van der Waals surface area contributed by atoms with Crippen molar-refractivity contribution in [2.45, 2.75) is 44.9 Å². The molecule has 1 unspecified atom stereocenters. The fourth-order valence-electron chi connectivity index (χ4n) is 4.09. The minimum Gasteiger partial charge on any atom is -0.458 e. The minimum atomic E-state index is 0.0335. The molecule has 2 aromatic heterocycles. The van der Waals surface area contributed by atoms with Crippen LogP contribution < -0.4 is 0 Å². The van der Waals surface area contributed by atoms with Crippen LogP contribution in [0.5, 0.6) is 0 Å². The average molecular weight is 369 g/mol. The van der Waals surface area contributed by atoms with Crippen LogP contribution in [-0.4, -0.2) is 53.5 Å². The predicted octanol–water partition coefficient (Wildman–Crippen LogP) is 2.87. The lowest BCUT2D eigenvalue weighted by molar-refractivity contribution is 0.0721. The molecule has 4 heterocycles. The van der Waals surface area contributed by atoms with E-state index in [9.17, 15) is 4.79 Å². The molecular formula is C21H27N3O3. The summed E-state index contributed by atoms with van der Waals surface area (Å²) in [6.45, 7) is 3.60. The smallest absolute Gasteiger partial charge is 0.289 e. The van der Waals surface area contributed by atoms with Crippen molar-refractivity contribution in [3.8, 4) is 0 Å². The SMILES string of the molecule is CN(Cc1ccccn1)C1CCCN(C(=O)c2occ3c2CCOC3)CC1. The van der Waals surface area contributed by atoms with E-state index in [4.69, 9.17) is 9.15 Å². The monoisotopic (exact) mass is 369 g/mol. The van der Waals surface area contributed by atoms with Gasteiger partial charge in [-0.05, 0) is 38.4 Å². The molecular weight excluding hydrogens is 342 g/mol. The van der Waals surface area contributed by atoms with Crippen LogP contribution in [0.1, 0.15) is 46.6 Å². The standard InChI is InChI=1S/C21H27N3O3/c1-23(13-17-5-2-3-9-22-17)18-6-4-10-24(11-7-18)21(25)20-19-8-12-26-14-16(19)15-27-20/h2-3,5,9,15,18H,4,6-8,10-14H2,1H3. The number of nitrogens with zero attached hydrogens (tertiary/aromatic N) is 3. The Kier molecular flexibility index (Phi) is 5.55. The highest BCUT2D eigenvalue weighted by Crippen LogP contribution is 2.25. The number of furan rings is 1. The fraction of sp³-hybridized carbons (Fsp3) is 0.524. The largest absolute Gasteiger partial charge is 0.458 e. The van der Waals surface area contributed by atoms with Gasteiger partial charge in [-0.1, -0.05) is 6.07 Å². The Morgan fingerprint density at radius 3 is 3.11 bits per heavy atom. The van der Waals surface area contributed by atoms with E-state index in [0.717, 1.165) is 62.1 Å². The molecule has 6 heteroatoms. The maximum absolute atomic E-state index is 13.0. The van der Waals surface area contributed by atoms with Crippen LogP contribution in [0.4, 0.5) is 0 Å². The van der Waals surface area contributed by atoms with Crippen LogP contribution in [-0.2, 0) is 24.3 Å².